The third-order valence-electron chi connectivity index (χ3n) is 5.06. The molecule has 0 N–H and O–H groups in total. The largest absolute Gasteiger partial charge is 0.0619 e. The van der Waals surface area contributed by atoms with E-state index >= 15 is 0 Å². The lowest BCUT2D eigenvalue weighted by molar-refractivity contribution is 0.829. The van der Waals surface area contributed by atoms with Gasteiger partial charge >= 0.3 is 0 Å². The zero-order valence-corrected chi connectivity index (χ0v) is 11.8. The molecule has 0 heterocycles. The second-order valence-corrected chi connectivity index (χ2v) is 6.14. The van der Waals surface area contributed by atoms with Crippen molar-refractivity contribution in [1.29, 1.82) is 0 Å². The summed E-state index contributed by atoms with van der Waals surface area (Å²) >= 11 is 0. The van der Waals surface area contributed by atoms with Crippen molar-refractivity contribution in [2.24, 2.45) is 0 Å². The molecule has 0 saturated carbocycles. The van der Waals surface area contributed by atoms with E-state index in [-0.39, 0.29) is 0 Å². The summed E-state index contributed by atoms with van der Waals surface area (Å²) in [6.45, 7) is 0. The van der Waals surface area contributed by atoms with Crippen LogP contribution in [0.4, 0.5) is 0 Å². The van der Waals surface area contributed by atoms with Crippen molar-refractivity contribution in [1.82, 2.24) is 0 Å². The highest BCUT2D eigenvalue weighted by Gasteiger charge is 2.29. The maximum absolute atomic E-state index is 2.43. The number of hydrogen-bond acceptors (Lipinski definition) is 0. The minimum Gasteiger partial charge on any atom is -0.0619 e. The third kappa shape index (κ3) is 1.50. The summed E-state index contributed by atoms with van der Waals surface area (Å²) in [5.41, 5.74) is 10.3. The highest BCUT2D eigenvalue weighted by atomic mass is 14.3. The molecule has 2 aliphatic carbocycles. The molecule has 5 rings (SSSR count). The van der Waals surface area contributed by atoms with Gasteiger partial charge in [0.25, 0.3) is 0 Å². The van der Waals surface area contributed by atoms with E-state index in [0.717, 1.165) is 0 Å². The molecule has 3 aromatic rings. The first-order valence-electron chi connectivity index (χ1n) is 7.72. The average molecular weight is 268 g/mol. The quantitative estimate of drug-likeness (QED) is 0.458. The molecule has 0 amide bonds. The predicted octanol–water partition coefficient (Wildman–Crippen LogP) is 4.95. The van der Waals surface area contributed by atoms with Gasteiger partial charge < -0.3 is 0 Å². The molecule has 3 aromatic carbocycles. The van der Waals surface area contributed by atoms with Crippen LogP contribution < -0.4 is 0 Å². The van der Waals surface area contributed by atoms with E-state index in [1.807, 2.05) is 0 Å². The van der Waals surface area contributed by atoms with Gasteiger partial charge in [0.05, 0.1) is 0 Å². The molecule has 0 aromatic heterocycles. The van der Waals surface area contributed by atoms with E-state index in [2.05, 4.69) is 66.7 Å². The van der Waals surface area contributed by atoms with E-state index in [0.29, 0.717) is 5.92 Å². The minimum absolute atomic E-state index is 0.406. The van der Waals surface area contributed by atoms with Crippen LogP contribution in [0.5, 0.6) is 0 Å². The minimum atomic E-state index is 0.406. The van der Waals surface area contributed by atoms with Crippen LogP contribution in [0.1, 0.15) is 33.7 Å². The van der Waals surface area contributed by atoms with Gasteiger partial charge in [0.2, 0.25) is 0 Å². The molecule has 0 spiro atoms. The van der Waals surface area contributed by atoms with Gasteiger partial charge in [-0.2, -0.15) is 0 Å². The maximum atomic E-state index is 2.43. The zero-order chi connectivity index (χ0) is 13.8. The van der Waals surface area contributed by atoms with Gasteiger partial charge in [0, 0.05) is 5.92 Å². The Morgan fingerprint density at radius 3 is 1.81 bits per heavy atom. The smallest absolute Gasteiger partial charge is 0.0352 e. The van der Waals surface area contributed by atoms with Gasteiger partial charge in [-0.1, -0.05) is 66.7 Å². The van der Waals surface area contributed by atoms with Crippen LogP contribution in [0.15, 0.2) is 66.7 Å². The molecule has 0 aliphatic heterocycles. The average Bonchev–Trinajstić information content (AvgIpc) is 2.84. The fraction of sp³-hybridized carbons (Fsp3) is 0.143. The number of fused-ring (bicyclic) bond motifs is 4. The van der Waals surface area contributed by atoms with Crippen molar-refractivity contribution in [3.8, 4) is 11.1 Å². The van der Waals surface area contributed by atoms with E-state index in [1.54, 1.807) is 11.1 Å². The van der Waals surface area contributed by atoms with Crippen LogP contribution in [0.3, 0.4) is 0 Å². The lowest BCUT2D eigenvalue weighted by Crippen LogP contribution is -2.10. The van der Waals surface area contributed by atoms with E-state index in [9.17, 15) is 0 Å². The summed E-state index contributed by atoms with van der Waals surface area (Å²) in [6, 6.07) is 24.8. The molecular weight excluding hydrogens is 252 g/mol. The summed E-state index contributed by atoms with van der Waals surface area (Å²) in [5, 5.41) is 0. The van der Waals surface area contributed by atoms with Crippen LogP contribution >= 0.6 is 0 Å². The van der Waals surface area contributed by atoms with E-state index < -0.39 is 0 Å². The highest BCUT2D eigenvalue weighted by Crippen LogP contribution is 2.48. The first-order chi connectivity index (χ1) is 10.4. The Morgan fingerprint density at radius 2 is 1.24 bits per heavy atom. The first kappa shape index (κ1) is 11.3. The van der Waals surface area contributed by atoms with Crippen molar-refractivity contribution >= 4 is 0 Å². The number of benzene rings is 3. The van der Waals surface area contributed by atoms with Crippen molar-refractivity contribution in [2.45, 2.75) is 18.8 Å². The summed E-state index contributed by atoms with van der Waals surface area (Å²) in [6.07, 6.45) is 2.51. The molecule has 2 aliphatic rings. The van der Waals surface area contributed by atoms with Gasteiger partial charge in [-0.3, -0.25) is 0 Å². The molecule has 0 fully saturated rings. The summed E-state index contributed by atoms with van der Waals surface area (Å²) < 4.78 is 0. The normalized spacial score (nSPS) is 15.0. The Labute approximate surface area is 125 Å². The Kier molecular flexibility index (Phi) is 2.20. The summed E-state index contributed by atoms with van der Waals surface area (Å²) in [7, 11) is 0. The monoisotopic (exact) mass is 268 g/mol. The summed E-state index contributed by atoms with van der Waals surface area (Å²) in [4.78, 5) is 0. The molecule has 0 bridgehead atoms. The van der Waals surface area contributed by atoms with Gasteiger partial charge in [-0.15, -0.1) is 0 Å². The van der Waals surface area contributed by atoms with Crippen LogP contribution in [-0.2, 0) is 12.8 Å². The van der Waals surface area contributed by atoms with Crippen LogP contribution in [-0.4, -0.2) is 0 Å². The van der Waals surface area contributed by atoms with E-state index in [1.165, 1.54) is 40.7 Å². The number of rotatable bonds is 1. The van der Waals surface area contributed by atoms with Crippen molar-refractivity contribution in [3.05, 3.63) is 94.5 Å². The Balaban J connectivity index is 1.77. The molecule has 21 heavy (non-hydrogen) atoms. The molecule has 0 nitrogen and oxygen atoms in total. The molecule has 0 heteroatoms. The highest BCUT2D eigenvalue weighted by molar-refractivity contribution is 5.80. The summed E-state index contributed by atoms with van der Waals surface area (Å²) in [5.74, 6) is 0.406. The zero-order valence-electron chi connectivity index (χ0n) is 11.8. The van der Waals surface area contributed by atoms with Crippen molar-refractivity contribution in [3.63, 3.8) is 0 Å². The fourth-order valence-corrected chi connectivity index (χ4v) is 3.91. The Hall–Kier alpha value is -2.34. The lowest BCUT2D eigenvalue weighted by Gasteiger charge is -2.22. The van der Waals surface area contributed by atoms with Crippen molar-refractivity contribution < 1.29 is 0 Å². The Morgan fingerprint density at radius 1 is 0.619 bits per heavy atom. The first-order valence-corrected chi connectivity index (χ1v) is 7.72. The predicted molar refractivity (Wildman–Crippen MR) is 86.7 cm³/mol. The second-order valence-electron chi connectivity index (χ2n) is 6.14. The fourth-order valence-electron chi connectivity index (χ4n) is 3.91. The SMILES string of the molecule is c1ccc2c(c1)-c1ccccc1C2c1ccc2c(c1)CC2. The maximum Gasteiger partial charge on any atom is 0.0352 e. The van der Waals surface area contributed by atoms with Crippen LogP contribution in [0.25, 0.3) is 11.1 Å². The standard InChI is InChI=1S/C21H16/c1-3-7-19-17(5-1)18-6-2-4-8-20(18)21(19)16-12-10-14-9-11-15(14)13-16/h1-8,10,12-13,21H,9,11H2. The molecular formula is C21H16. The second kappa shape index (κ2) is 4.08. The van der Waals surface area contributed by atoms with Gasteiger partial charge in [0.15, 0.2) is 0 Å². The number of aryl methyl sites for hydroxylation is 2. The molecule has 0 unspecified atom stereocenters. The molecule has 0 radical (unpaired) electrons. The van der Waals surface area contributed by atoms with Crippen LogP contribution in [0.2, 0.25) is 0 Å². The van der Waals surface area contributed by atoms with E-state index in [4.69, 9.17) is 0 Å². The van der Waals surface area contributed by atoms with Gasteiger partial charge in [-0.25, -0.2) is 0 Å². The lowest BCUT2D eigenvalue weighted by atomic mass is 9.82. The van der Waals surface area contributed by atoms with Crippen molar-refractivity contribution in [2.75, 3.05) is 0 Å². The Bertz CT molecular complexity index is 812. The molecule has 0 atom stereocenters. The molecule has 100 valence electrons. The van der Waals surface area contributed by atoms with Gasteiger partial charge in [-0.05, 0) is 51.8 Å². The third-order valence-corrected chi connectivity index (χ3v) is 5.06. The number of hydrogen-bond donors (Lipinski definition) is 0. The molecule has 0 saturated heterocycles. The topological polar surface area (TPSA) is 0 Å². The van der Waals surface area contributed by atoms with Crippen LogP contribution in [0, 0.1) is 0 Å². The van der Waals surface area contributed by atoms with Gasteiger partial charge in [0.1, 0.15) is 0 Å².